The van der Waals surface area contributed by atoms with Gasteiger partial charge in [0, 0.05) is 12.1 Å². The fraction of sp³-hybridized carbons (Fsp3) is 0.333. The first kappa shape index (κ1) is 17.9. The van der Waals surface area contributed by atoms with Crippen LogP contribution in [0.5, 0.6) is 5.75 Å². The molecule has 0 bridgehead atoms. The Morgan fingerprint density at radius 3 is 2.69 bits per heavy atom. The molecule has 1 aromatic heterocycles. The van der Waals surface area contributed by atoms with E-state index < -0.39 is 12.7 Å². The van der Waals surface area contributed by atoms with E-state index in [2.05, 4.69) is 10.1 Å². The van der Waals surface area contributed by atoms with E-state index in [1.165, 1.54) is 35.4 Å². The van der Waals surface area contributed by atoms with Crippen LogP contribution in [0.15, 0.2) is 47.1 Å². The molecule has 8 heteroatoms. The second kappa shape index (κ2) is 7.99. The smallest absolute Gasteiger partial charge is 0.387 e. The minimum atomic E-state index is -2.92. The highest BCUT2D eigenvalue weighted by Gasteiger charge is 2.34. The number of halogens is 2. The number of carbonyl (C=O) groups excluding carboxylic acids is 2. The number of furan rings is 1. The van der Waals surface area contributed by atoms with Crippen LogP contribution in [0.2, 0.25) is 0 Å². The summed E-state index contributed by atoms with van der Waals surface area (Å²) in [6, 6.07) is 8.36. The van der Waals surface area contributed by atoms with Crippen LogP contribution in [0.25, 0.3) is 0 Å². The number of hydrogen-bond donors (Lipinski definition) is 1. The van der Waals surface area contributed by atoms with E-state index >= 15 is 0 Å². The molecular formula is C18H18F2N2O4. The van der Waals surface area contributed by atoms with Crippen molar-refractivity contribution in [1.29, 1.82) is 0 Å². The largest absolute Gasteiger partial charge is 0.467 e. The molecule has 3 rings (SSSR count). The van der Waals surface area contributed by atoms with Crippen LogP contribution in [0.4, 0.5) is 8.78 Å². The van der Waals surface area contributed by atoms with Crippen LogP contribution in [-0.2, 0) is 11.3 Å². The van der Waals surface area contributed by atoms with E-state index in [9.17, 15) is 18.4 Å². The average molecular weight is 364 g/mol. The Balaban J connectivity index is 1.63. The van der Waals surface area contributed by atoms with Crippen molar-refractivity contribution < 1.29 is 27.5 Å². The summed E-state index contributed by atoms with van der Waals surface area (Å²) in [6.07, 6.45) is 2.81. The van der Waals surface area contributed by atoms with Crippen molar-refractivity contribution in [3.8, 4) is 5.75 Å². The quantitative estimate of drug-likeness (QED) is 0.856. The van der Waals surface area contributed by atoms with Crippen LogP contribution in [-0.4, -0.2) is 35.9 Å². The van der Waals surface area contributed by atoms with Gasteiger partial charge in [-0.3, -0.25) is 9.59 Å². The highest BCUT2D eigenvalue weighted by molar-refractivity contribution is 5.98. The van der Waals surface area contributed by atoms with Crippen molar-refractivity contribution in [2.75, 3.05) is 6.54 Å². The summed E-state index contributed by atoms with van der Waals surface area (Å²) < 4.78 is 33.8. The third-order valence-corrected chi connectivity index (χ3v) is 4.16. The molecule has 1 fully saturated rings. The number of amides is 2. The SMILES string of the molecule is O=C(NCc1ccco1)C1CCCN1C(=O)c1ccc(OC(F)F)cc1. The predicted molar refractivity (Wildman–Crippen MR) is 87.7 cm³/mol. The monoisotopic (exact) mass is 364 g/mol. The molecule has 138 valence electrons. The molecule has 1 N–H and O–H groups in total. The minimum Gasteiger partial charge on any atom is -0.467 e. The van der Waals surface area contributed by atoms with E-state index in [1.807, 2.05) is 0 Å². The summed E-state index contributed by atoms with van der Waals surface area (Å²) in [5.74, 6) is 0.0451. The molecule has 1 aliphatic heterocycles. The number of nitrogens with zero attached hydrogens (tertiary/aromatic N) is 1. The van der Waals surface area contributed by atoms with Gasteiger partial charge >= 0.3 is 6.61 Å². The summed E-state index contributed by atoms with van der Waals surface area (Å²) in [5, 5.41) is 2.76. The van der Waals surface area contributed by atoms with Gasteiger partial charge in [0.25, 0.3) is 5.91 Å². The maximum atomic E-state index is 12.7. The third-order valence-electron chi connectivity index (χ3n) is 4.16. The topological polar surface area (TPSA) is 71.8 Å². The Labute approximate surface area is 148 Å². The molecule has 1 aliphatic rings. The summed E-state index contributed by atoms with van der Waals surface area (Å²) >= 11 is 0. The maximum Gasteiger partial charge on any atom is 0.387 e. The number of rotatable bonds is 6. The number of ether oxygens (including phenoxy) is 1. The Bertz CT molecular complexity index is 747. The molecule has 6 nitrogen and oxygen atoms in total. The summed E-state index contributed by atoms with van der Waals surface area (Å²) in [4.78, 5) is 26.6. The number of likely N-dealkylation sites (tertiary alicyclic amines) is 1. The molecule has 2 amide bonds. The highest BCUT2D eigenvalue weighted by atomic mass is 19.3. The van der Waals surface area contributed by atoms with Crippen molar-refractivity contribution in [2.45, 2.75) is 32.0 Å². The number of nitrogens with one attached hydrogen (secondary N) is 1. The number of alkyl halides is 2. The van der Waals surface area contributed by atoms with Gasteiger partial charge in [0.2, 0.25) is 5.91 Å². The fourth-order valence-corrected chi connectivity index (χ4v) is 2.93. The maximum absolute atomic E-state index is 12.7. The van der Waals surface area contributed by atoms with Crippen molar-refractivity contribution in [2.24, 2.45) is 0 Å². The molecule has 1 aromatic carbocycles. The lowest BCUT2D eigenvalue weighted by Crippen LogP contribution is -2.45. The Morgan fingerprint density at radius 2 is 2.04 bits per heavy atom. The molecule has 2 aromatic rings. The normalized spacial score (nSPS) is 16.7. The summed E-state index contributed by atoms with van der Waals surface area (Å²) in [5.41, 5.74) is 0.317. The first-order valence-electron chi connectivity index (χ1n) is 8.20. The highest BCUT2D eigenvalue weighted by Crippen LogP contribution is 2.22. The van der Waals surface area contributed by atoms with E-state index in [0.29, 0.717) is 24.3 Å². The van der Waals surface area contributed by atoms with E-state index in [-0.39, 0.29) is 24.1 Å². The van der Waals surface area contributed by atoms with Crippen LogP contribution in [0.1, 0.15) is 29.0 Å². The molecule has 26 heavy (non-hydrogen) atoms. The molecule has 0 spiro atoms. The van der Waals surface area contributed by atoms with E-state index in [4.69, 9.17) is 4.42 Å². The number of hydrogen-bond acceptors (Lipinski definition) is 4. The predicted octanol–water partition coefficient (Wildman–Crippen LogP) is 2.80. The van der Waals surface area contributed by atoms with Gasteiger partial charge in [-0.25, -0.2) is 0 Å². The Morgan fingerprint density at radius 1 is 1.27 bits per heavy atom. The first-order chi connectivity index (χ1) is 12.5. The van der Waals surface area contributed by atoms with Gasteiger partial charge < -0.3 is 19.4 Å². The Hall–Kier alpha value is -2.90. The third kappa shape index (κ3) is 4.19. The average Bonchev–Trinajstić information content (AvgIpc) is 3.31. The van der Waals surface area contributed by atoms with Gasteiger partial charge in [-0.05, 0) is 49.2 Å². The molecule has 1 atom stereocenters. The molecule has 0 radical (unpaired) electrons. The van der Waals surface area contributed by atoms with Gasteiger partial charge in [-0.2, -0.15) is 8.78 Å². The van der Waals surface area contributed by atoms with Gasteiger partial charge in [-0.15, -0.1) is 0 Å². The molecule has 0 saturated carbocycles. The van der Waals surface area contributed by atoms with Crippen LogP contribution < -0.4 is 10.1 Å². The molecular weight excluding hydrogens is 346 g/mol. The van der Waals surface area contributed by atoms with Crippen LogP contribution in [0.3, 0.4) is 0 Å². The second-order valence-electron chi connectivity index (χ2n) is 5.86. The molecule has 0 aliphatic carbocycles. The fourth-order valence-electron chi connectivity index (χ4n) is 2.93. The second-order valence-corrected chi connectivity index (χ2v) is 5.86. The standard InChI is InChI=1S/C18H18F2N2O4/c19-18(20)26-13-7-5-12(6-8-13)17(24)22-9-1-4-15(22)16(23)21-11-14-3-2-10-25-14/h2-3,5-8,10,15,18H,1,4,9,11H2,(H,21,23). The molecule has 1 unspecified atom stereocenters. The van der Waals surface area contributed by atoms with Gasteiger partial charge in [0.05, 0.1) is 12.8 Å². The van der Waals surface area contributed by atoms with Crippen molar-refractivity contribution in [3.63, 3.8) is 0 Å². The van der Waals surface area contributed by atoms with Crippen molar-refractivity contribution >= 4 is 11.8 Å². The van der Waals surface area contributed by atoms with Crippen molar-refractivity contribution in [3.05, 3.63) is 54.0 Å². The zero-order valence-electron chi connectivity index (χ0n) is 13.9. The first-order valence-corrected chi connectivity index (χ1v) is 8.20. The lowest BCUT2D eigenvalue weighted by molar-refractivity contribution is -0.125. The Kier molecular flexibility index (Phi) is 5.50. The van der Waals surface area contributed by atoms with Gasteiger partial charge in [0.1, 0.15) is 17.6 Å². The van der Waals surface area contributed by atoms with E-state index in [0.717, 1.165) is 6.42 Å². The lowest BCUT2D eigenvalue weighted by atomic mass is 10.1. The number of carbonyl (C=O) groups is 2. The molecule has 2 heterocycles. The summed E-state index contributed by atoms with van der Waals surface area (Å²) in [7, 11) is 0. The van der Waals surface area contributed by atoms with E-state index in [1.54, 1.807) is 12.1 Å². The zero-order valence-corrected chi connectivity index (χ0v) is 13.9. The zero-order chi connectivity index (χ0) is 18.5. The van der Waals surface area contributed by atoms with Crippen molar-refractivity contribution in [1.82, 2.24) is 10.2 Å². The summed E-state index contributed by atoms with van der Waals surface area (Å²) in [6.45, 7) is -2.20. The van der Waals surface area contributed by atoms with Gasteiger partial charge in [-0.1, -0.05) is 0 Å². The number of benzene rings is 1. The van der Waals surface area contributed by atoms with Gasteiger partial charge in [0.15, 0.2) is 0 Å². The molecule has 1 saturated heterocycles. The lowest BCUT2D eigenvalue weighted by Gasteiger charge is -2.24. The minimum absolute atomic E-state index is 0.0225. The van der Waals surface area contributed by atoms with Crippen LogP contribution in [0, 0.1) is 0 Å². The van der Waals surface area contributed by atoms with Crippen LogP contribution >= 0.6 is 0 Å².